The average molecular weight is 338 g/mol. The second kappa shape index (κ2) is 4.75. The first-order valence-electron chi connectivity index (χ1n) is 5.37. The minimum absolute atomic E-state index is 0.167. The third kappa shape index (κ3) is 2.15. The summed E-state index contributed by atoms with van der Waals surface area (Å²) in [5.41, 5.74) is 0.665. The second-order valence-corrected chi connectivity index (χ2v) is 5.68. The molecule has 0 unspecified atom stereocenters. The Bertz CT molecular complexity index is 856. The molecule has 96 valence electrons. The highest BCUT2D eigenvalue weighted by Crippen LogP contribution is 2.23. The van der Waals surface area contributed by atoms with Crippen LogP contribution >= 0.6 is 27.3 Å². The van der Waals surface area contributed by atoms with Gasteiger partial charge in [0, 0.05) is 10.0 Å². The molecule has 0 radical (unpaired) electrons. The summed E-state index contributed by atoms with van der Waals surface area (Å²) < 4.78 is 8.07. The summed E-state index contributed by atoms with van der Waals surface area (Å²) in [6.07, 6.45) is 3.16. The van der Waals surface area contributed by atoms with Crippen molar-refractivity contribution in [1.29, 1.82) is 0 Å². The van der Waals surface area contributed by atoms with E-state index in [2.05, 4.69) is 26.0 Å². The largest absolute Gasteiger partial charge is 0.496 e. The molecular formula is C12H8BrN3O2S. The van der Waals surface area contributed by atoms with Gasteiger partial charge in [-0.1, -0.05) is 27.3 Å². The van der Waals surface area contributed by atoms with Crippen LogP contribution in [0.2, 0.25) is 0 Å². The predicted octanol–water partition coefficient (Wildman–Crippen LogP) is 1.47. The summed E-state index contributed by atoms with van der Waals surface area (Å²) in [5, 5.41) is 3.88. The van der Waals surface area contributed by atoms with Crippen molar-refractivity contribution in [2.75, 3.05) is 7.11 Å². The van der Waals surface area contributed by atoms with Crippen molar-refractivity contribution >= 4 is 38.3 Å². The first kappa shape index (κ1) is 12.3. The number of aromatic nitrogens is 3. The van der Waals surface area contributed by atoms with Crippen LogP contribution in [0.3, 0.4) is 0 Å². The molecule has 0 spiro atoms. The average Bonchev–Trinajstić information content (AvgIpc) is 2.95. The van der Waals surface area contributed by atoms with Gasteiger partial charge in [-0.25, -0.2) is 4.98 Å². The third-order valence-electron chi connectivity index (χ3n) is 2.60. The van der Waals surface area contributed by atoms with Crippen molar-refractivity contribution in [2.24, 2.45) is 0 Å². The van der Waals surface area contributed by atoms with Crippen LogP contribution in [0.4, 0.5) is 0 Å². The number of fused-ring (bicyclic) bond motifs is 1. The fourth-order valence-electron chi connectivity index (χ4n) is 1.74. The van der Waals surface area contributed by atoms with Gasteiger partial charge in [-0.2, -0.15) is 9.61 Å². The first-order valence-corrected chi connectivity index (χ1v) is 6.98. The van der Waals surface area contributed by atoms with Crippen molar-refractivity contribution in [3.8, 4) is 5.75 Å². The van der Waals surface area contributed by atoms with Gasteiger partial charge >= 0.3 is 0 Å². The maximum atomic E-state index is 12.1. The van der Waals surface area contributed by atoms with Gasteiger partial charge in [0.1, 0.15) is 12.1 Å². The molecule has 0 saturated heterocycles. The summed E-state index contributed by atoms with van der Waals surface area (Å²) in [7, 11) is 1.60. The molecule has 19 heavy (non-hydrogen) atoms. The van der Waals surface area contributed by atoms with Crippen molar-refractivity contribution in [3.05, 3.63) is 49.4 Å². The van der Waals surface area contributed by atoms with E-state index < -0.39 is 0 Å². The van der Waals surface area contributed by atoms with Gasteiger partial charge in [0.25, 0.3) is 5.56 Å². The zero-order valence-corrected chi connectivity index (χ0v) is 12.2. The highest BCUT2D eigenvalue weighted by atomic mass is 79.9. The van der Waals surface area contributed by atoms with Crippen molar-refractivity contribution < 1.29 is 4.74 Å². The molecule has 2 aromatic heterocycles. The van der Waals surface area contributed by atoms with Crippen LogP contribution in [0.5, 0.6) is 5.75 Å². The zero-order valence-electron chi connectivity index (χ0n) is 9.83. The summed E-state index contributed by atoms with van der Waals surface area (Å²) in [6.45, 7) is 0. The highest BCUT2D eigenvalue weighted by Gasteiger charge is 2.07. The molecule has 0 amide bonds. The van der Waals surface area contributed by atoms with E-state index in [1.807, 2.05) is 18.2 Å². The van der Waals surface area contributed by atoms with E-state index >= 15 is 0 Å². The monoisotopic (exact) mass is 337 g/mol. The number of benzene rings is 1. The molecule has 0 N–H and O–H groups in total. The Morgan fingerprint density at radius 1 is 1.47 bits per heavy atom. The molecule has 0 aliphatic carbocycles. The van der Waals surface area contributed by atoms with E-state index in [4.69, 9.17) is 4.74 Å². The second-order valence-electron chi connectivity index (χ2n) is 3.76. The topological polar surface area (TPSA) is 56.5 Å². The smallest absolute Gasteiger partial charge is 0.291 e. The normalized spacial score (nSPS) is 12.2. The third-order valence-corrected chi connectivity index (χ3v) is 4.07. The lowest BCUT2D eigenvalue weighted by Crippen LogP contribution is -2.23. The lowest BCUT2D eigenvalue weighted by atomic mass is 10.2. The molecule has 3 aromatic rings. The standard InChI is InChI=1S/C12H8BrN3O2S/c1-18-9-3-2-8(13)4-7(9)5-10-11(17)16-12(19-10)14-6-15-16/h2-6H,1H3/b10-5+. The molecule has 1 aromatic carbocycles. The SMILES string of the molecule is COc1ccc(Br)cc1/C=c1/sc2ncnn2c1=O. The van der Waals surface area contributed by atoms with Crippen LogP contribution in [0.25, 0.3) is 11.0 Å². The molecule has 0 fully saturated rings. The summed E-state index contributed by atoms with van der Waals surface area (Å²) >= 11 is 4.71. The van der Waals surface area contributed by atoms with Crippen molar-refractivity contribution in [1.82, 2.24) is 14.6 Å². The first-order chi connectivity index (χ1) is 9.19. The van der Waals surface area contributed by atoms with Crippen LogP contribution in [-0.2, 0) is 0 Å². The number of ether oxygens (including phenoxy) is 1. The quantitative estimate of drug-likeness (QED) is 0.710. The number of nitrogens with zero attached hydrogens (tertiary/aromatic N) is 3. The fraction of sp³-hybridized carbons (Fsp3) is 0.0833. The van der Waals surface area contributed by atoms with Crippen molar-refractivity contribution in [2.45, 2.75) is 0 Å². The van der Waals surface area contributed by atoms with Crippen LogP contribution in [-0.4, -0.2) is 21.7 Å². The molecule has 3 rings (SSSR count). The minimum Gasteiger partial charge on any atom is -0.496 e. The van der Waals surface area contributed by atoms with E-state index in [0.29, 0.717) is 15.2 Å². The molecule has 5 nitrogen and oxygen atoms in total. The van der Waals surface area contributed by atoms with Crippen LogP contribution in [0.1, 0.15) is 5.56 Å². The molecule has 0 bridgehead atoms. The number of rotatable bonds is 2. The molecule has 7 heteroatoms. The Balaban J connectivity index is 2.25. The maximum Gasteiger partial charge on any atom is 0.291 e. The number of methoxy groups -OCH3 is 1. The number of hydrogen-bond donors (Lipinski definition) is 0. The van der Waals surface area contributed by atoms with E-state index in [1.54, 1.807) is 13.2 Å². The van der Waals surface area contributed by atoms with E-state index in [9.17, 15) is 4.79 Å². The highest BCUT2D eigenvalue weighted by molar-refractivity contribution is 9.10. The summed E-state index contributed by atoms with van der Waals surface area (Å²) in [6, 6.07) is 5.63. The Morgan fingerprint density at radius 2 is 2.32 bits per heavy atom. The van der Waals surface area contributed by atoms with Gasteiger partial charge in [-0.15, -0.1) is 0 Å². The molecule has 2 heterocycles. The Morgan fingerprint density at radius 3 is 3.05 bits per heavy atom. The predicted molar refractivity (Wildman–Crippen MR) is 76.6 cm³/mol. The van der Waals surface area contributed by atoms with E-state index in [0.717, 1.165) is 10.0 Å². The van der Waals surface area contributed by atoms with Crippen LogP contribution < -0.4 is 14.8 Å². The zero-order chi connectivity index (χ0) is 13.4. The lowest BCUT2D eigenvalue weighted by Gasteiger charge is -2.04. The molecule has 0 atom stereocenters. The number of thiazole rings is 1. The van der Waals surface area contributed by atoms with Gasteiger partial charge in [0.05, 0.1) is 11.6 Å². The summed E-state index contributed by atoms with van der Waals surface area (Å²) in [4.78, 5) is 16.7. The number of hydrogen-bond acceptors (Lipinski definition) is 5. The lowest BCUT2D eigenvalue weighted by molar-refractivity contribution is 0.414. The number of halogens is 1. The van der Waals surface area contributed by atoms with Crippen LogP contribution in [0, 0.1) is 0 Å². The minimum atomic E-state index is -0.167. The van der Waals surface area contributed by atoms with Gasteiger partial charge in [-0.3, -0.25) is 4.79 Å². The van der Waals surface area contributed by atoms with Gasteiger partial charge in [-0.05, 0) is 24.3 Å². The van der Waals surface area contributed by atoms with Gasteiger partial charge in [0.15, 0.2) is 0 Å². The van der Waals surface area contributed by atoms with Crippen molar-refractivity contribution in [3.63, 3.8) is 0 Å². The Kier molecular flexibility index (Phi) is 3.08. The maximum absolute atomic E-state index is 12.1. The van der Waals surface area contributed by atoms with Gasteiger partial charge in [0.2, 0.25) is 4.96 Å². The summed E-state index contributed by atoms with van der Waals surface area (Å²) in [5.74, 6) is 0.710. The molecule has 0 aliphatic rings. The van der Waals surface area contributed by atoms with Crippen LogP contribution in [0.15, 0.2) is 33.8 Å². The molecule has 0 aliphatic heterocycles. The molecular weight excluding hydrogens is 330 g/mol. The fourth-order valence-corrected chi connectivity index (χ4v) is 2.99. The van der Waals surface area contributed by atoms with Gasteiger partial charge < -0.3 is 4.74 Å². The molecule has 0 saturated carbocycles. The van der Waals surface area contributed by atoms with E-state index in [1.165, 1.54) is 22.2 Å². The van der Waals surface area contributed by atoms with E-state index in [-0.39, 0.29) is 5.56 Å². The Labute approximate surface area is 120 Å². The Hall–Kier alpha value is -1.73.